The summed E-state index contributed by atoms with van der Waals surface area (Å²) >= 11 is 0. The number of pyridine rings is 3. The fraction of sp³-hybridized carbons (Fsp3) is 0. The largest absolute Gasteiger partial charge is 0.264 e. The summed E-state index contributed by atoms with van der Waals surface area (Å²) in [7, 11) is 0. The Bertz CT molecular complexity index is 2190. The van der Waals surface area contributed by atoms with E-state index in [0.717, 1.165) is 50.4 Å². The van der Waals surface area contributed by atoms with Gasteiger partial charge in [0, 0.05) is 52.4 Å². The zero-order valence-corrected chi connectivity index (χ0v) is 23.7. The van der Waals surface area contributed by atoms with Crippen LogP contribution in [0.3, 0.4) is 0 Å². The Balaban J connectivity index is 1.25. The highest BCUT2D eigenvalue weighted by Gasteiger charge is 2.14. The van der Waals surface area contributed by atoms with Gasteiger partial charge in [-0.2, -0.15) is 0 Å². The number of hydrogen-bond donors (Lipinski definition) is 0. The number of rotatable bonds is 5. The molecule has 206 valence electrons. The number of nitrogens with zero attached hydrogens (tertiary/aromatic N) is 5. The monoisotopic (exact) mass is 563 g/mol. The second-order valence-electron chi connectivity index (χ2n) is 10.6. The van der Waals surface area contributed by atoms with E-state index in [4.69, 9.17) is 15.0 Å². The van der Waals surface area contributed by atoms with E-state index in [1.165, 1.54) is 21.7 Å². The van der Waals surface area contributed by atoms with Crippen LogP contribution in [0.2, 0.25) is 0 Å². The molecule has 8 aromatic rings. The standard InChI is InChI=1S/C39H25N5/c1-2-8-26(9-3-1)33-22-35(42-34-19-18-27-10-4-5-13-32(27)38(33)34)28-14-16-29(17-15-28)39-43-36(30-11-6-20-40-24-30)23-37(44-39)31-12-7-21-41-25-31/h1-25H. The quantitative estimate of drug-likeness (QED) is 0.195. The topological polar surface area (TPSA) is 64.5 Å². The van der Waals surface area contributed by atoms with E-state index in [1.54, 1.807) is 12.4 Å². The Labute approximate surface area is 254 Å². The predicted octanol–water partition coefficient (Wildman–Crippen LogP) is 9.30. The lowest BCUT2D eigenvalue weighted by atomic mass is 9.94. The summed E-state index contributed by atoms with van der Waals surface area (Å²) in [5.41, 5.74) is 9.63. The van der Waals surface area contributed by atoms with Gasteiger partial charge in [0.05, 0.1) is 22.6 Å². The first-order valence-corrected chi connectivity index (χ1v) is 14.5. The van der Waals surface area contributed by atoms with Gasteiger partial charge in [-0.25, -0.2) is 15.0 Å². The van der Waals surface area contributed by atoms with E-state index in [2.05, 4.69) is 107 Å². The highest BCUT2D eigenvalue weighted by molar-refractivity contribution is 6.13. The van der Waals surface area contributed by atoms with Crippen molar-refractivity contribution < 1.29 is 0 Å². The van der Waals surface area contributed by atoms with E-state index in [-0.39, 0.29) is 0 Å². The van der Waals surface area contributed by atoms with Crippen molar-refractivity contribution in [2.75, 3.05) is 0 Å². The summed E-state index contributed by atoms with van der Waals surface area (Å²) in [6.45, 7) is 0. The molecule has 0 aliphatic rings. The number of benzene rings is 4. The second kappa shape index (κ2) is 11.0. The van der Waals surface area contributed by atoms with Crippen LogP contribution in [0.25, 0.3) is 78.0 Å². The SMILES string of the molecule is c1ccc(-c2cc(-c3ccc(-c4nc(-c5cccnc5)cc(-c5cccnc5)n4)cc3)nc3ccc4ccccc4c23)cc1. The first kappa shape index (κ1) is 25.6. The summed E-state index contributed by atoms with van der Waals surface area (Å²) in [4.78, 5) is 23.6. The van der Waals surface area contributed by atoms with Crippen molar-refractivity contribution in [1.29, 1.82) is 0 Å². The molecule has 5 nitrogen and oxygen atoms in total. The Morgan fingerprint density at radius 1 is 0.409 bits per heavy atom. The van der Waals surface area contributed by atoms with Gasteiger partial charge in [-0.3, -0.25) is 9.97 Å². The third-order valence-electron chi connectivity index (χ3n) is 7.86. The molecule has 5 heteroatoms. The highest BCUT2D eigenvalue weighted by atomic mass is 14.9. The van der Waals surface area contributed by atoms with Crippen LogP contribution in [0.5, 0.6) is 0 Å². The molecule has 0 spiro atoms. The molecule has 4 heterocycles. The van der Waals surface area contributed by atoms with Gasteiger partial charge in [-0.05, 0) is 64.4 Å². The Morgan fingerprint density at radius 2 is 1.02 bits per heavy atom. The third kappa shape index (κ3) is 4.76. The van der Waals surface area contributed by atoms with Crippen LogP contribution >= 0.6 is 0 Å². The molecule has 4 aromatic heterocycles. The van der Waals surface area contributed by atoms with Gasteiger partial charge in [0.2, 0.25) is 0 Å². The van der Waals surface area contributed by atoms with Crippen molar-refractivity contribution in [2.45, 2.75) is 0 Å². The minimum atomic E-state index is 0.639. The normalized spacial score (nSPS) is 11.2. The van der Waals surface area contributed by atoms with Gasteiger partial charge in [0.1, 0.15) is 0 Å². The second-order valence-corrected chi connectivity index (χ2v) is 10.6. The minimum Gasteiger partial charge on any atom is -0.264 e. The van der Waals surface area contributed by atoms with Crippen molar-refractivity contribution >= 4 is 21.7 Å². The van der Waals surface area contributed by atoms with E-state index in [0.29, 0.717) is 5.82 Å². The summed E-state index contributed by atoms with van der Waals surface area (Å²) in [6.07, 6.45) is 7.17. The molecule has 0 amide bonds. The zero-order valence-electron chi connectivity index (χ0n) is 23.7. The average Bonchev–Trinajstić information content (AvgIpc) is 3.12. The van der Waals surface area contributed by atoms with E-state index >= 15 is 0 Å². The maximum Gasteiger partial charge on any atom is 0.160 e. The Kier molecular flexibility index (Phi) is 6.39. The van der Waals surface area contributed by atoms with Crippen LogP contribution in [0, 0.1) is 0 Å². The van der Waals surface area contributed by atoms with E-state index in [9.17, 15) is 0 Å². The van der Waals surface area contributed by atoms with Crippen LogP contribution in [0.1, 0.15) is 0 Å². The van der Waals surface area contributed by atoms with Gasteiger partial charge in [-0.15, -0.1) is 0 Å². The van der Waals surface area contributed by atoms with Crippen molar-refractivity contribution in [3.8, 4) is 56.3 Å². The van der Waals surface area contributed by atoms with Crippen LogP contribution in [-0.2, 0) is 0 Å². The third-order valence-corrected chi connectivity index (χ3v) is 7.86. The first-order valence-electron chi connectivity index (χ1n) is 14.5. The summed E-state index contributed by atoms with van der Waals surface area (Å²) in [6, 6.07) is 43.7. The van der Waals surface area contributed by atoms with Crippen LogP contribution in [0.15, 0.2) is 152 Å². The van der Waals surface area contributed by atoms with Gasteiger partial charge < -0.3 is 0 Å². The predicted molar refractivity (Wildman–Crippen MR) is 178 cm³/mol. The van der Waals surface area contributed by atoms with Crippen molar-refractivity contribution in [3.63, 3.8) is 0 Å². The molecule has 0 saturated heterocycles. The molecular weight excluding hydrogens is 538 g/mol. The zero-order chi connectivity index (χ0) is 29.3. The first-order chi connectivity index (χ1) is 21.8. The van der Waals surface area contributed by atoms with Gasteiger partial charge >= 0.3 is 0 Å². The summed E-state index contributed by atoms with van der Waals surface area (Å²) in [5.74, 6) is 0.639. The van der Waals surface area contributed by atoms with Gasteiger partial charge in [0.25, 0.3) is 0 Å². The van der Waals surface area contributed by atoms with Crippen LogP contribution in [0.4, 0.5) is 0 Å². The molecule has 4 aromatic carbocycles. The van der Waals surface area contributed by atoms with Crippen molar-refractivity contribution in [2.24, 2.45) is 0 Å². The van der Waals surface area contributed by atoms with Crippen LogP contribution in [-0.4, -0.2) is 24.9 Å². The Morgan fingerprint density at radius 3 is 1.70 bits per heavy atom. The smallest absolute Gasteiger partial charge is 0.160 e. The molecule has 0 N–H and O–H groups in total. The molecule has 0 unspecified atom stereocenters. The molecule has 8 rings (SSSR count). The molecule has 0 radical (unpaired) electrons. The van der Waals surface area contributed by atoms with Gasteiger partial charge in [0.15, 0.2) is 5.82 Å². The maximum absolute atomic E-state index is 5.15. The molecule has 0 aliphatic heterocycles. The fourth-order valence-electron chi connectivity index (χ4n) is 5.69. The maximum atomic E-state index is 5.15. The summed E-state index contributed by atoms with van der Waals surface area (Å²) in [5, 5.41) is 3.57. The molecule has 0 aliphatic carbocycles. The molecule has 44 heavy (non-hydrogen) atoms. The summed E-state index contributed by atoms with van der Waals surface area (Å²) < 4.78 is 0. The lowest BCUT2D eigenvalue weighted by molar-refractivity contribution is 1.17. The van der Waals surface area contributed by atoms with Crippen molar-refractivity contribution in [3.05, 3.63) is 152 Å². The van der Waals surface area contributed by atoms with Gasteiger partial charge in [-0.1, -0.05) is 84.9 Å². The lowest BCUT2D eigenvalue weighted by Gasteiger charge is -2.13. The molecule has 0 saturated carbocycles. The molecule has 0 bridgehead atoms. The molecular formula is C39H25N5. The highest BCUT2D eigenvalue weighted by Crippen LogP contribution is 2.37. The minimum absolute atomic E-state index is 0.639. The average molecular weight is 564 g/mol. The Hall–Kier alpha value is -6.07. The molecule has 0 atom stereocenters. The lowest BCUT2D eigenvalue weighted by Crippen LogP contribution is -1.96. The van der Waals surface area contributed by atoms with Crippen LogP contribution < -0.4 is 0 Å². The number of fused-ring (bicyclic) bond motifs is 3. The van der Waals surface area contributed by atoms with E-state index in [1.807, 2.05) is 42.7 Å². The van der Waals surface area contributed by atoms with E-state index < -0.39 is 0 Å². The fourth-order valence-corrected chi connectivity index (χ4v) is 5.69. The van der Waals surface area contributed by atoms with Crippen molar-refractivity contribution in [1.82, 2.24) is 24.9 Å². The molecule has 0 fully saturated rings. The number of aromatic nitrogens is 5. The number of hydrogen-bond acceptors (Lipinski definition) is 5.